The standard InChI is InChI=1S/C17H15N7O/c1-11(16-21-22-23-24(16)12-7-3-2-4-8-12)18-17(25)15-13-9-5-6-10-14(13)19-20-15/h2-11H,1H3,(H,18,25)(H,19,20). The van der Waals surface area contributed by atoms with Crippen LogP contribution >= 0.6 is 0 Å². The molecule has 2 heterocycles. The molecule has 1 amide bonds. The molecule has 2 N–H and O–H groups in total. The van der Waals surface area contributed by atoms with Crippen LogP contribution in [-0.4, -0.2) is 36.3 Å². The molecular formula is C17H15N7O. The van der Waals surface area contributed by atoms with Gasteiger partial charge in [0.2, 0.25) is 0 Å². The highest BCUT2D eigenvalue weighted by molar-refractivity contribution is 6.04. The van der Waals surface area contributed by atoms with E-state index in [9.17, 15) is 4.79 Å². The quantitative estimate of drug-likeness (QED) is 0.595. The Hall–Kier alpha value is -3.55. The maximum Gasteiger partial charge on any atom is 0.273 e. The maximum absolute atomic E-state index is 12.6. The van der Waals surface area contributed by atoms with Crippen molar-refractivity contribution in [2.45, 2.75) is 13.0 Å². The zero-order valence-corrected chi connectivity index (χ0v) is 13.4. The number of aromatic amines is 1. The van der Waals surface area contributed by atoms with E-state index in [1.807, 2.05) is 61.5 Å². The lowest BCUT2D eigenvalue weighted by Gasteiger charge is -2.13. The number of carbonyl (C=O) groups is 1. The van der Waals surface area contributed by atoms with Crippen molar-refractivity contribution < 1.29 is 4.79 Å². The Balaban J connectivity index is 1.60. The van der Waals surface area contributed by atoms with Crippen LogP contribution in [0.3, 0.4) is 0 Å². The molecule has 2 aromatic carbocycles. The minimum Gasteiger partial charge on any atom is -0.341 e. The first-order chi connectivity index (χ1) is 12.2. The summed E-state index contributed by atoms with van der Waals surface area (Å²) in [6.07, 6.45) is 0. The van der Waals surface area contributed by atoms with Crippen LogP contribution in [0.5, 0.6) is 0 Å². The molecule has 124 valence electrons. The molecule has 1 atom stereocenters. The van der Waals surface area contributed by atoms with Crippen LogP contribution in [0.25, 0.3) is 16.6 Å². The summed E-state index contributed by atoms with van der Waals surface area (Å²) < 4.78 is 1.60. The predicted octanol–water partition coefficient (Wildman–Crippen LogP) is 2.03. The Morgan fingerprint density at radius 1 is 1.12 bits per heavy atom. The fraction of sp³-hybridized carbons (Fsp3) is 0.118. The Kier molecular flexibility index (Phi) is 3.70. The van der Waals surface area contributed by atoms with Gasteiger partial charge in [0, 0.05) is 5.39 Å². The number of H-pyrrole nitrogens is 1. The number of amides is 1. The minimum absolute atomic E-state index is 0.285. The van der Waals surface area contributed by atoms with E-state index < -0.39 is 6.04 Å². The summed E-state index contributed by atoms with van der Waals surface area (Å²) in [7, 11) is 0. The molecule has 0 fully saturated rings. The molecule has 4 aromatic rings. The number of rotatable bonds is 4. The van der Waals surface area contributed by atoms with Crippen molar-refractivity contribution >= 4 is 16.8 Å². The molecule has 4 rings (SSSR count). The van der Waals surface area contributed by atoms with Crippen molar-refractivity contribution in [1.82, 2.24) is 35.7 Å². The smallest absolute Gasteiger partial charge is 0.273 e. The van der Waals surface area contributed by atoms with E-state index in [-0.39, 0.29) is 5.91 Å². The summed E-state index contributed by atoms with van der Waals surface area (Å²) in [6, 6.07) is 16.6. The Labute approximate surface area is 142 Å². The Morgan fingerprint density at radius 2 is 1.88 bits per heavy atom. The van der Waals surface area contributed by atoms with Crippen LogP contribution in [0, 0.1) is 0 Å². The van der Waals surface area contributed by atoms with Crippen molar-refractivity contribution in [1.29, 1.82) is 0 Å². The highest BCUT2D eigenvalue weighted by atomic mass is 16.2. The molecule has 0 spiro atoms. The third-order valence-electron chi connectivity index (χ3n) is 3.91. The second-order valence-electron chi connectivity index (χ2n) is 5.60. The normalized spacial score (nSPS) is 12.2. The van der Waals surface area contributed by atoms with Gasteiger partial charge < -0.3 is 5.32 Å². The average molecular weight is 333 g/mol. The zero-order valence-electron chi connectivity index (χ0n) is 13.4. The monoisotopic (exact) mass is 333 g/mol. The largest absolute Gasteiger partial charge is 0.341 e. The minimum atomic E-state index is -0.391. The molecule has 8 heteroatoms. The number of para-hydroxylation sites is 2. The predicted molar refractivity (Wildman–Crippen MR) is 91.1 cm³/mol. The van der Waals surface area contributed by atoms with Crippen LogP contribution in [0.1, 0.15) is 29.3 Å². The first-order valence-electron chi connectivity index (χ1n) is 7.81. The zero-order chi connectivity index (χ0) is 17.2. The van der Waals surface area contributed by atoms with E-state index in [0.29, 0.717) is 11.5 Å². The van der Waals surface area contributed by atoms with Crippen molar-refractivity contribution in [3.8, 4) is 5.69 Å². The Morgan fingerprint density at radius 3 is 2.72 bits per heavy atom. The molecule has 0 aliphatic rings. The van der Waals surface area contributed by atoms with Gasteiger partial charge in [-0.15, -0.1) is 5.10 Å². The highest BCUT2D eigenvalue weighted by Crippen LogP contribution is 2.17. The Bertz CT molecular complexity index is 1020. The maximum atomic E-state index is 12.6. The molecule has 25 heavy (non-hydrogen) atoms. The van der Waals surface area contributed by atoms with Gasteiger partial charge >= 0.3 is 0 Å². The fourth-order valence-corrected chi connectivity index (χ4v) is 2.68. The summed E-state index contributed by atoms with van der Waals surface area (Å²) in [5.41, 5.74) is 1.99. The van der Waals surface area contributed by atoms with Gasteiger partial charge in [-0.1, -0.05) is 36.4 Å². The van der Waals surface area contributed by atoms with Gasteiger partial charge in [-0.25, -0.2) is 0 Å². The van der Waals surface area contributed by atoms with Gasteiger partial charge in [-0.3, -0.25) is 9.89 Å². The molecule has 0 aliphatic heterocycles. The van der Waals surface area contributed by atoms with Crippen LogP contribution in [0.4, 0.5) is 0 Å². The van der Waals surface area contributed by atoms with Crippen molar-refractivity contribution in [2.24, 2.45) is 0 Å². The molecule has 0 radical (unpaired) electrons. The van der Waals surface area contributed by atoms with Crippen LogP contribution in [0.2, 0.25) is 0 Å². The van der Waals surface area contributed by atoms with E-state index in [2.05, 4.69) is 31.0 Å². The van der Waals surface area contributed by atoms with Crippen molar-refractivity contribution in [3.05, 3.63) is 66.1 Å². The third-order valence-corrected chi connectivity index (χ3v) is 3.91. The van der Waals surface area contributed by atoms with E-state index in [4.69, 9.17) is 0 Å². The molecule has 8 nitrogen and oxygen atoms in total. The number of hydrogen-bond donors (Lipinski definition) is 2. The van der Waals surface area contributed by atoms with E-state index in [1.54, 1.807) is 4.68 Å². The first-order valence-corrected chi connectivity index (χ1v) is 7.81. The first kappa shape index (κ1) is 15.0. The second-order valence-corrected chi connectivity index (χ2v) is 5.60. The number of aromatic nitrogens is 6. The lowest BCUT2D eigenvalue weighted by Crippen LogP contribution is -2.29. The molecule has 1 unspecified atom stereocenters. The van der Waals surface area contributed by atoms with E-state index in [0.717, 1.165) is 16.6 Å². The number of fused-ring (bicyclic) bond motifs is 1. The van der Waals surface area contributed by atoms with Crippen molar-refractivity contribution in [2.75, 3.05) is 0 Å². The summed E-state index contributed by atoms with van der Waals surface area (Å²) in [5.74, 6) is 0.256. The van der Waals surface area contributed by atoms with E-state index in [1.165, 1.54) is 0 Å². The molecule has 0 aliphatic carbocycles. The molecular weight excluding hydrogens is 318 g/mol. The second kappa shape index (κ2) is 6.16. The fourth-order valence-electron chi connectivity index (χ4n) is 2.68. The van der Waals surface area contributed by atoms with Gasteiger partial charge in [0.15, 0.2) is 11.5 Å². The third kappa shape index (κ3) is 2.74. The van der Waals surface area contributed by atoms with Crippen LogP contribution in [0.15, 0.2) is 54.6 Å². The number of nitrogens with zero attached hydrogens (tertiary/aromatic N) is 5. The van der Waals surface area contributed by atoms with Crippen molar-refractivity contribution in [3.63, 3.8) is 0 Å². The lowest BCUT2D eigenvalue weighted by atomic mass is 10.2. The van der Waals surface area contributed by atoms with Crippen LogP contribution in [-0.2, 0) is 0 Å². The summed E-state index contributed by atoms with van der Waals surface area (Å²) in [5, 5.41) is 22.4. The van der Waals surface area contributed by atoms with Gasteiger partial charge in [-0.05, 0) is 35.5 Å². The lowest BCUT2D eigenvalue weighted by molar-refractivity contribution is 0.0934. The summed E-state index contributed by atoms with van der Waals surface area (Å²) in [4.78, 5) is 12.6. The van der Waals surface area contributed by atoms with Gasteiger partial charge in [0.1, 0.15) is 0 Å². The number of hydrogen-bond acceptors (Lipinski definition) is 5. The number of tetrazole rings is 1. The van der Waals surface area contributed by atoms with Gasteiger partial charge in [0.25, 0.3) is 5.91 Å². The number of carbonyl (C=O) groups excluding carboxylic acids is 1. The SMILES string of the molecule is CC(NC(=O)c1n[nH]c2ccccc12)c1nnnn1-c1ccccc1. The van der Waals surface area contributed by atoms with Gasteiger partial charge in [0.05, 0.1) is 17.2 Å². The van der Waals surface area contributed by atoms with Crippen LogP contribution < -0.4 is 5.32 Å². The average Bonchev–Trinajstić information content (AvgIpc) is 3.29. The molecule has 0 saturated heterocycles. The summed E-state index contributed by atoms with van der Waals surface area (Å²) >= 11 is 0. The molecule has 2 aromatic heterocycles. The summed E-state index contributed by atoms with van der Waals surface area (Å²) in [6.45, 7) is 1.83. The molecule has 0 bridgehead atoms. The number of benzene rings is 2. The molecule has 0 saturated carbocycles. The van der Waals surface area contributed by atoms with E-state index >= 15 is 0 Å². The highest BCUT2D eigenvalue weighted by Gasteiger charge is 2.21. The number of nitrogens with one attached hydrogen (secondary N) is 2. The topological polar surface area (TPSA) is 101 Å². The van der Waals surface area contributed by atoms with Gasteiger partial charge in [-0.2, -0.15) is 9.78 Å².